The minimum atomic E-state index is -0.318. The molecule has 0 spiro atoms. The number of carbonyl (C=O) groups excluding carboxylic acids is 2. The summed E-state index contributed by atoms with van der Waals surface area (Å²) in [5.74, 6) is 0.121. The average molecular weight is 436 g/mol. The van der Waals surface area contributed by atoms with Crippen LogP contribution in [0.3, 0.4) is 0 Å². The quantitative estimate of drug-likeness (QED) is 0.468. The number of ketones is 2. The Kier molecular flexibility index (Phi) is 8.11. The van der Waals surface area contributed by atoms with Gasteiger partial charge in [-0.2, -0.15) is 0 Å². The predicted molar refractivity (Wildman–Crippen MR) is 99.1 cm³/mol. The lowest BCUT2D eigenvalue weighted by Gasteiger charge is -2.27. The van der Waals surface area contributed by atoms with Gasteiger partial charge in [0.25, 0.3) is 0 Å². The highest BCUT2D eigenvalue weighted by molar-refractivity contribution is 9.10. The molecule has 124 valence electrons. The highest BCUT2D eigenvalue weighted by atomic mass is 79.9. The van der Waals surface area contributed by atoms with E-state index in [0.29, 0.717) is 0 Å². The molecule has 0 saturated heterocycles. The third kappa shape index (κ3) is 5.69. The van der Waals surface area contributed by atoms with Gasteiger partial charge in [-0.3, -0.25) is 19.6 Å². The molecule has 0 N–H and O–H groups in total. The smallest absolute Gasteiger partial charge is 0.149 e. The molecule has 4 atom stereocenters. The van der Waals surface area contributed by atoms with E-state index in [4.69, 9.17) is 9.98 Å². The highest BCUT2D eigenvalue weighted by Crippen LogP contribution is 2.25. The zero-order valence-electron chi connectivity index (χ0n) is 13.6. The number of hydrogen-bond acceptors (Lipinski definition) is 4. The van der Waals surface area contributed by atoms with Crippen LogP contribution in [0.15, 0.2) is 9.98 Å². The predicted octanol–water partition coefficient (Wildman–Crippen LogP) is 3.92. The van der Waals surface area contributed by atoms with Gasteiger partial charge in [-0.1, -0.05) is 44.7 Å². The van der Waals surface area contributed by atoms with Crippen molar-refractivity contribution in [2.45, 2.75) is 75.1 Å². The van der Waals surface area contributed by atoms with Crippen molar-refractivity contribution in [1.82, 2.24) is 0 Å². The van der Waals surface area contributed by atoms with E-state index >= 15 is 0 Å². The van der Waals surface area contributed by atoms with E-state index in [-0.39, 0.29) is 33.3 Å². The topological polar surface area (TPSA) is 58.9 Å². The van der Waals surface area contributed by atoms with Crippen molar-refractivity contribution in [3.63, 3.8) is 0 Å². The van der Waals surface area contributed by atoms with Gasteiger partial charge in [-0.05, 0) is 40.5 Å². The Morgan fingerprint density at radius 3 is 1.41 bits per heavy atom. The lowest BCUT2D eigenvalue weighted by Crippen LogP contribution is -2.32. The summed E-state index contributed by atoms with van der Waals surface area (Å²) >= 11 is 6.76. The number of alkyl halides is 2. The first-order chi connectivity index (χ1) is 10.2. The third-order valence-corrected chi connectivity index (χ3v) is 6.49. The first kappa shape index (κ1) is 19.7. The van der Waals surface area contributed by atoms with E-state index in [9.17, 15) is 9.59 Å². The van der Waals surface area contributed by atoms with Crippen LogP contribution < -0.4 is 0 Å². The van der Waals surface area contributed by atoms with E-state index in [1.807, 2.05) is 13.8 Å². The molecule has 6 heteroatoms. The number of Topliss-reactive ketones (excluding diaryl/α,β-unsaturated/α-hetero) is 2. The number of aliphatic imine (C=N–C) groups is 2. The van der Waals surface area contributed by atoms with Crippen molar-refractivity contribution < 1.29 is 9.59 Å². The monoisotopic (exact) mass is 434 g/mol. The van der Waals surface area contributed by atoms with Crippen LogP contribution in [0.25, 0.3) is 0 Å². The van der Waals surface area contributed by atoms with Crippen molar-refractivity contribution in [1.29, 1.82) is 0 Å². The van der Waals surface area contributed by atoms with E-state index < -0.39 is 0 Å². The SMILES string of the molecule is CC(=O)C(Br)C(C)=N[C@@H]1CCCC[C@H]1N=C(C)C(Br)C(C)=O. The summed E-state index contributed by atoms with van der Waals surface area (Å²) in [5.41, 5.74) is 1.61. The van der Waals surface area contributed by atoms with Gasteiger partial charge < -0.3 is 0 Å². The molecule has 22 heavy (non-hydrogen) atoms. The largest absolute Gasteiger partial charge is 0.298 e. The van der Waals surface area contributed by atoms with Gasteiger partial charge in [0, 0.05) is 11.4 Å². The molecule has 0 radical (unpaired) electrons. The van der Waals surface area contributed by atoms with Gasteiger partial charge in [0.1, 0.15) is 21.2 Å². The molecule has 0 aromatic rings. The second-order valence-electron chi connectivity index (χ2n) is 5.91. The highest BCUT2D eigenvalue weighted by Gasteiger charge is 2.27. The molecule has 1 aliphatic rings. The van der Waals surface area contributed by atoms with Crippen LogP contribution in [0.1, 0.15) is 53.4 Å². The van der Waals surface area contributed by atoms with Crippen LogP contribution in [0.4, 0.5) is 0 Å². The zero-order valence-corrected chi connectivity index (χ0v) is 16.8. The molecule has 1 fully saturated rings. The van der Waals surface area contributed by atoms with Crippen LogP contribution in [-0.4, -0.2) is 44.7 Å². The summed E-state index contributed by atoms with van der Waals surface area (Å²) < 4.78 is 0. The second kappa shape index (κ2) is 9.06. The van der Waals surface area contributed by atoms with Gasteiger partial charge in [0.05, 0.1) is 12.1 Å². The lowest BCUT2D eigenvalue weighted by atomic mass is 9.90. The summed E-state index contributed by atoms with van der Waals surface area (Å²) in [6.45, 7) is 6.88. The molecule has 0 heterocycles. The first-order valence-electron chi connectivity index (χ1n) is 7.61. The lowest BCUT2D eigenvalue weighted by molar-refractivity contribution is -0.116. The number of halogens is 2. The molecule has 0 aromatic carbocycles. The van der Waals surface area contributed by atoms with Crippen LogP contribution in [0.5, 0.6) is 0 Å². The molecule has 0 aliphatic heterocycles. The van der Waals surface area contributed by atoms with E-state index in [0.717, 1.165) is 37.1 Å². The van der Waals surface area contributed by atoms with E-state index in [2.05, 4.69) is 31.9 Å². The molecule has 1 aliphatic carbocycles. The zero-order chi connectivity index (χ0) is 16.9. The number of hydrogen-bond donors (Lipinski definition) is 0. The standard InChI is InChI=1S/C16H24Br2N2O2/c1-9(15(17)11(3)21)19-13-7-5-6-8-14(13)20-10(2)16(18)12(4)22/h13-16H,5-8H2,1-4H3/t13-,14-,15?,16?/m1/s1. The molecule has 0 aromatic heterocycles. The van der Waals surface area contributed by atoms with Crippen LogP contribution >= 0.6 is 31.9 Å². The minimum Gasteiger partial charge on any atom is -0.298 e. The van der Waals surface area contributed by atoms with Crippen molar-refractivity contribution >= 4 is 54.8 Å². The van der Waals surface area contributed by atoms with Gasteiger partial charge in [0.15, 0.2) is 0 Å². The molecule has 2 unspecified atom stereocenters. The Hall–Kier alpha value is -0.360. The van der Waals surface area contributed by atoms with Gasteiger partial charge in [0.2, 0.25) is 0 Å². The van der Waals surface area contributed by atoms with E-state index in [1.54, 1.807) is 13.8 Å². The van der Waals surface area contributed by atoms with Crippen molar-refractivity contribution in [3.8, 4) is 0 Å². The summed E-state index contributed by atoms with van der Waals surface area (Å²) in [4.78, 5) is 31.7. The molecule has 1 rings (SSSR count). The van der Waals surface area contributed by atoms with Crippen molar-refractivity contribution in [3.05, 3.63) is 0 Å². The summed E-state index contributed by atoms with van der Waals surface area (Å²) in [6.07, 6.45) is 4.21. The van der Waals surface area contributed by atoms with Gasteiger partial charge in [-0.25, -0.2) is 0 Å². The number of rotatable bonds is 6. The molecular weight excluding hydrogens is 412 g/mol. The van der Waals surface area contributed by atoms with Crippen LogP contribution in [0, 0.1) is 0 Å². The Morgan fingerprint density at radius 1 is 0.818 bits per heavy atom. The van der Waals surface area contributed by atoms with Crippen molar-refractivity contribution in [2.24, 2.45) is 9.98 Å². The summed E-state index contributed by atoms with van der Waals surface area (Å²) in [7, 11) is 0. The number of carbonyl (C=O) groups is 2. The summed E-state index contributed by atoms with van der Waals surface area (Å²) in [5, 5.41) is 0. The van der Waals surface area contributed by atoms with E-state index in [1.165, 1.54) is 0 Å². The maximum Gasteiger partial charge on any atom is 0.149 e. The van der Waals surface area contributed by atoms with Crippen molar-refractivity contribution in [2.75, 3.05) is 0 Å². The third-order valence-electron chi connectivity index (χ3n) is 3.88. The maximum atomic E-state index is 11.5. The fraction of sp³-hybridized carbons (Fsp3) is 0.750. The second-order valence-corrected chi connectivity index (χ2v) is 7.74. The van der Waals surface area contributed by atoms with Crippen LogP contribution in [0.2, 0.25) is 0 Å². The molecular formula is C16H24Br2N2O2. The molecule has 0 bridgehead atoms. The normalized spacial score (nSPS) is 26.5. The average Bonchev–Trinajstić information content (AvgIpc) is 2.47. The molecule has 4 nitrogen and oxygen atoms in total. The van der Waals surface area contributed by atoms with Gasteiger partial charge >= 0.3 is 0 Å². The first-order valence-corrected chi connectivity index (χ1v) is 9.44. The van der Waals surface area contributed by atoms with Crippen LogP contribution in [-0.2, 0) is 9.59 Å². The van der Waals surface area contributed by atoms with Gasteiger partial charge in [-0.15, -0.1) is 0 Å². The number of nitrogens with zero attached hydrogens (tertiary/aromatic N) is 2. The molecule has 0 amide bonds. The Balaban J connectivity index is 2.92. The fourth-order valence-corrected chi connectivity index (χ4v) is 2.87. The Bertz CT molecular complexity index is 445. The maximum absolute atomic E-state index is 11.5. The Labute approximate surface area is 149 Å². The minimum absolute atomic E-state index is 0.0605. The molecule has 1 saturated carbocycles. The fourth-order valence-electron chi connectivity index (χ4n) is 2.64. The summed E-state index contributed by atoms with van der Waals surface area (Å²) in [6, 6.07) is 0.185. The Morgan fingerprint density at radius 2 is 1.14 bits per heavy atom.